The number of alkyl halides is 3. The SMILES string of the molecule is CC(C)[C@H](NCC(=O)N1c2ccccc2NC(=O)C[C@H]1C(F)(F)F)c1cccs1. The van der Waals surface area contributed by atoms with Crippen LogP contribution >= 0.6 is 11.3 Å². The lowest BCUT2D eigenvalue weighted by atomic mass is 10.0. The van der Waals surface area contributed by atoms with Crippen LogP contribution < -0.4 is 15.5 Å². The number of carbonyl (C=O) groups excluding carboxylic acids is 2. The molecular weight excluding hydrogens is 403 g/mol. The van der Waals surface area contributed by atoms with Gasteiger partial charge in [0.1, 0.15) is 6.04 Å². The second-order valence-electron chi connectivity index (χ2n) is 7.21. The first kappa shape index (κ1) is 21.3. The Hall–Kier alpha value is -2.39. The number of thiophene rings is 1. The van der Waals surface area contributed by atoms with Crippen LogP contribution in [0.15, 0.2) is 41.8 Å². The summed E-state index contributed by atoms with van der Waals surface area (Å²) in [6.07, 6.45) is -5.59. The fourth-order valence-corrected chi connectivity index (χ4v) is 4.38. The predicted octanol–water partition coefficient (Wildman–Crippen LogP) is 4.34. The van der Waals surface area contributed by atoms with Gasteiger partial charge in [0.25, 0.3) is 0 Å². The number of para-hydroxylation sites is 2. The van der Waals surface area contributed by atoms with Crippen molar-refractivity contribution in [2.75, 3.05) is 16.8 Å². The average Bonchev–Trinajstić information content (AvgIpc) is 3.10. The molecular formula is C20H22F3N3O2S. The molecule has 0 fully saturated rings. The molecule has 2 N–H and O–H groups in total. The number of nitrogens with zero attached hydrogens (tertiary/aromatic N) is 1. The Morgan fingerprint density at radius 1 is 1.28 bits per heavy atom. The number of fused-ring (bicyclic) bond motifs is 1. The Morgan fingerprint density at radius 3 is 2.62 bits per heavy atom. The van der Waals surface area contributed by atoms with Crippen molar-refractivity contribution in [1.29, 1.82) is 0 Å². The first-order chi connectivity index (χ1) is 13.7. The summed E-state index contributed by atoms with van der Waals surface area (Å²) >= 11 is 1.52. The summed E-state index contributed by atoms with van der Waals surface area (Å²) in [6, 6.07) is 7.47. The first-order valence-corrected chi connectivity index (χ1v) is 10.1. The fraction of sp³-hybridized carbons (Fsp3) is 0.400. The number of amides is 2. The third-order valence-electron chi connectivity index (χ3n) is 4.76. The Kier molecular flexibility index (Phi) is 6.28. The van der Waals surface area contributed by atoms with Crippen molar-refractivity contribution in [2.24, 2.45) is 5.92 Å². The van der Waals surface area contributed by atoms with Gasteiger partial charge in [-0.1, -0.05) is 32.0 Å². The van der Waals surface area contributed by atoms with E-state index in [0.29, 0.717) is 4.90 Å². The van der Waals surface area contributed by atoms with Crippen LogP contribution in [0.25, 0.3) is 0 Å². The molecule has 5 nitrogen and oxygen atoms in total. The quantitative estimate of drug-likeness (QED) is 0.749. The molecule has 9 heteroatoms. The van der Waals surface area contributed by atoms with Gasteiger partial charge in [-0.2, -0.15) is 13.2 Å². The van der Waals surface area contributed by atoms with Crippen LogP contribution in [0.1, 0.15) is 31.2 Å². The molecule has 1 aliphatic rings. The van der Waals surface area contributed by atoms with E-state index in [1.807, 2.05) is 31.4 Å². The molecule has 0 unspecified atom stereocenters. The maximum absolute atomic E-state index is 13.8. The van der Waals surface area contributed by atoms with Gasteiger partial charge in [-0.05, 0) is 29.5 Å². The largest absolute Gasteiger partial charge is 0.409 e. The summed E-state index contributed by atoms with van der Waals surface area (Å²) < 4.78 is 41.3. The number of halogens is 3. The van der Waals surface area contributed by atoms with Crippen molar-refractivity contribution < 1.29 is 22.8 Å². The summed E-state index contributed by atoms with van der Waals surface area (Å²) in [7, 11) is 0. The maximum Gasteiger partial charge on any atom is 0.409 e. The third-order valence-corrected chi connectivity index (χ3v) is 5.72. The number of benzene rings is 1. The lowest BCUT2D eigenvalue weighted by Crippen LogP contribution is -2.52. The van der Waals surface area contributed by atoms with Gasteiger partial charge in [-0.15, -0.1) is 11.3 Å². The van der Waals surface area contributed by atoms with Gasteiger partial charge in [-0.3, -0.25) is 14.5 Å². The highest BCUT2D eigenvalue weighted by Gasteiger charge is 2.48. The summed E-state index contributed by atoms with van der Waals surface area (Å²) in [4.78, 5) is 26.7. The van der Waals surface area contributed by atoms with E-state index in [1.54, 1.807) is 12.1 Å². The molecule has 2 atom stereocenters. The average molecular weight is 425 g/mol. The van der Waals surface area contributed by atoms with Crippen LogP contribution in [0, 0.1) is 5.92 Å². The molecule has 0 saturated heterocycles. The van der Waals surface area contributed by atoms with Crippen molar-refractivity contribution in [2.45, 2.75) is 38.5 Å². The molecule has 0 aliphatic carbocycles. The van der Waals surface area contributed by atoms with Crippen LogP contribution in [0.3, 0.4) is 0 Å². The molecule has 2 aromatic rings. The first-order valence-electron chi connectivity index (χ1n) is 9.23. The smallest absolute Gasteiger partial charge is 0.324 e. The number of hydrogen-bond donors (Lipinski definition) is 2. The molecule has 29 heavy (non-hydrogen) atoms. The third kappa shape index (κ3) is 4.79. The van der Waals surface area contributed by atoms with E-state index in [-0.39, 0.29) is 29.9 Å². The maximum atomic E-state index is 13.8. The zero-order valence-corrected chi connectivity index (χ0v) is 16.8. The van der Waals surface area contributed by atoms with Crippen molar-refractivity contribution >= 4 is 34.5 Å². The monoisotopic (exact) mass is 425 g/mol. The Morgan fingerprint density at radius 2 is 2.00 bits per heavy atom. The van der Waals surface area contributed by atoms with Gasteiger partial charge >= 0.3 is 6.18 Å². The molecule has 0 radical (unpaired) electrons. The Bertz CT molecular complexity index is 868. The summed E-state index contributed by atoms with van der Waals surface area (Å²) in [6.45, 7) is 3.67. The number of carbonyl (C=O) groups is 2. The molecule has 1 aromatic heterocycles. The molecule has 1 aromatic carbocycles. The highest BCUT2D eigenvalue weighted by molar-refractivity contribution is 7.10. The van der Waals surface area contributed by atoms with Gasteiger partial charge in [0.2, 0.25) is 11.8 Å². The Balaban J connectivity index is 1.90. The van der Waals surface area contributed by atoms with Gasteiger partial charge in [-0.25, -0.2) is 0 Å². The number of rotatable bonds is 5. The van der Waals surface area contributed by atoms with E-state index in [1.165, 1.54) is 23.5 Å². The van der Waals surface area contributed by atoms with Crippen LogP contribution in [0.5, 0.6) is 0 Å². The van der Waals surface area contributed by atoms with Crippen molar-refractivity contribution in [1.82, 2.24) is 5.32 Å². The van der Waals surface area contributed by atoms with Gasteiger partial charge in [0, 0.05) is 10.9 Å². The molecule has 2 amide bonds. The van der Waals surface area contributed by atoms with Crippen molar-refractivity contribution in [3.8, 4) is 0 Å². The van der Waals surface area contributed by atoms with Gasteiger partial charge < -0.3 is 10.6 Å². The van der Waals surface area contributed by atoms with Crippen molar-refractivity contribution in [3.05, 3.63) is 46.7 Å². The van der Waals surface area contributed by atoms with Crippen LogP contribution in [-0.4, -0.2) is 30.6 Å². The van der Waals surface area contributed by atoms with E-state index < -0.39 is 30.5 Å². The normalized spacial score (nSPS) is 18.2. The molecule has 156 valence electrons. The highest BCUT2D eigenvalue weighted by atomic mass is 32.1. The molecule has 0 bridgehead atoms. The van der Waals surface area contributed by atoms with Crippen LogP contribution in [0.2, 0.25) is 0 Å². The van der Waals surface area contributed by atoms with Crippen LogP contribution in [0.4, 0.5) is 24.5 Å². The van der Waals surface area contributed by atoms with E-state index in [0.717, 1.165) is 4.88 Å². The van der Waals surface area contributed by atoms with Crippen LogP contribution in [-0.2, 0) is 9.59 Å². The summed E-state index contributed by atoms with van der Waals surface area (Å²) in [5, 5.41) is 7.48. The standard InChI is InChI=1S/C20H22F3N3O2S/c1-12(2)19(15-8-5-9-29-15)24-11-18(28)26-14-7-4-3-6-13(14)25-17(27)10-16(26)20(21,22)23/h3-9,12,16,19,24H,10-11H2,1-2H3,(H,25,27)/t16-,19-/m0/s1. The minimum atomic E-state index is -4.74. The van der Waals surface area contributed by atoms with Crippen molar-refractivity contribution in [3.63, 3.8) is 0 Å². The number of hydrogen-bond acceptors (Lipinski definition) is 4. The van der Waals surface area contributed by atoms with Gasteiger partial charge in [0.15, 0.2) is 0 Å². The zero-order chi connectivity index (χ0) is 21.2. The lowest BCUT2D eigenvalue weighted by Gasteiger charge is -2.32. The van der Waals surface area contributed by atoms with E-state index in [4.69, 9.17) is 0 Å². The number of nitrogens with one attached hydrogen (secondary N) is 2. The highest BCUT2D eigenvalue weighted by Crippen LogP contribution is 2.37. The summed E-state index contributed by atoms with van der Waals surface area (Å²) in [5.41, 5.74) is 0.237. The molecule has 1 aliphatic heterocycles. The second-order valence-corrected chi connectivity index (χ2v) is 8.19. The zero-order valence-electron chi connectivity index (χ0n) is 16.0. The summed E-state index contributed by atoms with van der Waals surface area (Å²) in [5.74, 6) is -1.38. The molecule has 0 spiro atoms. The second kappa shape index (κ2) is 8.54. The number of anilines is 2. The molecule has 0 saturated carbocycles. The minimum Gasteiger partial charge on any atom is -0.324 e. The predicted molar refractivity (Wildman–Crippen MR) is 107 cm³/mol. The fourth-order valence-electron chi connectivity index (χ4n) is 3.41. The molecule has 2 heterocycles. The molecule has 3 rings (SSSR count). The minimum absolute atomic E-state index is 0.0460. The van der Waals surface area contributed by atoms with E-state index >= 15 is 0 Å². The topological polar surface area (TPSA) is 61.4 Å². The van der Waals surface area contributed by atoms with E-state index in [9.17, 15) is 22.8 Å². The Labute approximate surface area is 170 Å². The van der Waals surface area contributed by atoms with E-state index in [2.05, 4.69) is 10.6 Å². The lowest BCUT2D eigenvalue weighted by molar-refractivity contribution is -0.157. The van der Waals surface area contributed by atoms with Gasteiger partial charge in [0.05, 0.1) is 24.3 Å².